The minimum atomic E-state index is -0.0855. The number of carbonyl (C=O) groups is 1. The molecule has 1 aromatic carbocycles. The Labute approximate surface area is 84.2 Å². The van der Waals surface area contributed by atoms with Gasteiger partial charge in [-0.2, -0.15) is 5.26 Å². The highest BCUT2D eigenvalue weighted by atomic mass is 16.1. The van der Waals surface area contributed by atoms with Crippen LogP contribution >= 0.6 is 0 Å². The Morgan fingerprint density at radius 2 is 2.29 bits per heavy atom. The largest absolute Gasteiger partial charge is 0.303 e. The van der Waals surface area contributed by atoms with Gasteiger partial charge < -0.3 is 4.79 Å². The van der Waals surface area contributed by atoms with Gasteiger partial charge in [-0.1, -0.05) is 19.9 Å². The SMILES string of the molecule is CCc1cc(C#N)ccc1C(C)C=O. The first-order valence-corrected chi connectivity index (χ1v) is 4.71. The number of aryl methyl sites for hydroxylation is 1. The van der Waals surface area contributed by atoms with E-state index < -0.39 is 0 Å². The van der Waals surface area contributed by atoms with Gasteiger partial charge in [-0.25, -0.2) is 0 Å². The zero-order valence-corrected chi connectivity index (χ0v) is 8.45. The summed E-state index contributed by atoms with van der Waals surface area (Å²) >= 11 is 0. The van der Waals surface area contributed by atoms with E-state index in [-0.39, 0.29) is 5.92 Å². The van der Waals surface area contributed by atoms with Crippen LogP contribution in [0.5, 0.6) is 0 Å². The average molecular weight is 187 g/mol. The molecule has 72 valence electrons. The Bertz CT molecular complexity index is 376. The lowest BCUT2D eigenvalue weighted by molar-refractivity contribution is -0.108. The Morgan fingerprint density at radius 3 is 2.79 bits per heavy atom. The van der Waals surface area contributed by atoms with E-state index in [4.69, 9.17) is 5.26 Å². The van der Waals surface area contributed by atoms with Crippen LogP contribution in [0.1, 0.15) is 36.5 Å². The topological polar surface area (TPSA) is 40.9 Å². The first kappa shape index (κ1) is 10.5. The molecule has 1 rings (SSSR count). The number of aldehydes is 1. The van der Waals surface area contributed by atoms with Crippen LogP contribution in [-0.4, -0.2) is 6.29 Å². The fourth-order valence-corrected chi connectivity index (χ4v) is 1.50. The smallest absolute Gasteiger partial charge is 0.127 e. The summed E-state index contributed by atoms with van der Waals surface area (Å²) in [4.78, 5) is 10.7. The molecule has 2 nitrogen and oxygen atoms in total. The number of hydrogen-bond donors (Lipinski definition) is 0. The van der Waals surface area contributed by atoms with E-state index in [9.17, 15) is 4.79 Å². The molecule has 0 saturated carbocycles. The fraction of sp³-hybridized carbons (Fsp3) is 0.333. The highest BCUT2D eigenvalue weighted by molar-refractivity contribution is 5.63. The van der Waals surface area contributed by atoms with Crippen LogP contribution in [0.2, 0.25) is 0 Å². The summed E-state index contributed by atoms with van der Waals surface area (Å²) in [6, 6.07) is 7.58. The number of rotatable bonds is 3. The molecule has 0 bridgehead atoms. The van der Waals surface area contributed by atoms with Crippen molar-refractivity contribution in [1.82, 2.24) is 0 Å². The van der Waals surface area contributed by atoms with Crippen molar-refractivity contribution in [2.45, 2.75) is 26.2 Å². The van der Waals surface area contributed by atoms with Crippen molar-refractivity contribution in [2.24, 2.45) is 0 Å². The Kier molecular flexibility index (Phi) is 3.41. The van der Waals surface area contributed by atoms with E-state index in [0.29, 0.717) is 5.56 Å². The molecule has 2 heteroatoms. The third-order valence-corrected chi connectivity index (χ3v) is 2.35. The van der Waals surface area contributed by atoms with Crippen LogP contribution < -0.4 is 0 Å². The monoisotopic (exact) mass is 187 g/mol. The molecule has 0 aliphatic carbocycles. The van der Waals surface area contributed by atoms with E-state index in [2.05, 4.69) is 6.07 Å². The first-order chi connectivity index (χ1) is 6.72. The zero-order valence-electron chi connectivity index (χ0n) is 8.45. The van der Waals surface area contributed by atoms with Gasteiger partial charge in [0, 0.05) is 5.92 Å². The van der Waals surface area contributed by atoms with Gasteiger partial charge in [0.15, 0.2) is 0 Å². The van der Waals surface area contributed by atoms with Crippen LogP contribution in [-0.2, 0) is 11.2 Å². The first-order valence-electron chi connectivity index (χ1n) is 4.71. The summed E-state index contributed by atoms with van der Waals surface area (Å²) in [5, 5.41) is 8.72. The standard InChI is InChI=1S/C12H13NO/c1-3-11-6-10(7-13)4-5-12(11)9(2)8-14/h4-6,8-9H,3H2,1-2H3. The normalized spacial score (nSPS) is 11.8. The van der Waals surface area contributed by atoms with Crippen molar-refractivity contribution >= 4 is 6.29 Å². The summed E-state index contributed by atoms with van der Waals surface area (Å²) in [5.74, 6) is -0.0855. The van der Waals surface area contributed by atoms with Crippen LogP contribution in [0.3, 0.4) is 0 Å². The lowest BCUT2D eigenvalue weighted by Crippen LogP contribution is -2.00. The molecule has 0 aliphatic heterocycles. The average Bonchev–Trinajstić information content (AvgIpc) is 2.27. The molecule has 1 unspecified atom stereocenters. The molecule has 0 aliphatic rings. The third kappa shape index (κ3) is 2.00. The summed E-state index contributed by atoms with van der Waals surface area (Å²) in [7, 11) is 0. The van der Waals surface area contributed by atoms with E-state index in [0.717, 1.165) is 23.8 Å². The van der Waals surface area contributed by atoms with Crippen molar-refractivity contribution < 1.29 is 4.79 Å². The molecule has 1 aromatic rings. The van der Waals surface area contributed by atoms with Crippen molar-refractivity contribution in [3.05, 3.63) is 34.9 Å². The summed E-state index contributed by atoms with van der Waals surface area (Å²) in [6.45, 7) is 3.89. The Morgan fingerprint density at radius 1 is 1.57 bits per heavy atom. The molecule has 0 heterocycles. The summed E-state index contributed by atoms with van der Waals surface area (Å²) < 4.78 is 0. The minimum absolute atomic E-state index is 0.0855. The minimum Gasteiger partial charge on any atom is -0.303 e. The summed E-state index contributed by atoms with van der Waals surface area (Å²) in [5.41, 5.74) is 2.77. The van der Waals surface area contributed by atoms with Gasteiger partial charge in [0.2, 0.25) is 0 Å². The molecule has 0 aromatic heterocycles. The molecule has 1 atom stereocenters. The highest BCUT2D eigenvalue weighted by Gasteiger charge is 2.08. The van der Waals surface area contributed by atoms with Gasteiger partial charge in [0.1, 0.15) is 6.29 Å². The predicted molar refractivity (Wildman–Crippen MR) is 55.0 cm³/mol. The van der Waals surface area contributed by atoms with Gasteiger partial charge in [-0.3, -0.25) is 0 Å². The number of nitriles is 1. The predicted octanol–water partition coefficient (Wildman–Crippen LogP) is 2.42. The van der Waals surface area contributed by atoms with E-state index in [1.165, 1.54) is 0 Å². The van der Waals surface area contributed by atoms with Crippen molar-refractivity contribution in [3.8, 4) is 6.07 Å². The quantitative estimate of drug-likeness (QED) is 0.682. The molecule has 0 fully saturated rings. The molecule has 0 saturated heterocycles. The molecule has 0 amide bonds. The second-order valence-electron chi connectivity index (χ2n) is 3.30. The Balaban J connectivity index is 3.19. The second-order valence-corrected chi connectivity index (χ2v) is 3.30. The van der Waals surface area contributed by atoms with Gasteiger partial charge in [-0.15, -0.1) is 0 Å². The number of nitrogens with zero attached hydrogens (tertiary/aromatic N) is 1. The second kappa shape index (κ2) is 4.57. The molecule has 0 spiro atoms. The maximum atomic E-state index is 10.7. The van der Waals surface area contributed by atoms with Crippen LogP contribution in [0.15, 0.2) is 18.2 Å². The molecular weight excluding hydrogens is 174 g/mol. The molecule has 0 N–H and O–H groups in total. The Hall–Kier alpha value is -1.62. The maximum Gasteiger partial charge on any atom is 0.127 e. The van der Waals surface area contributed by atoms with E-state index in [1.54, 1.807) is 6.07 Å². The van der Waals surface area contributed by atoms with Crippen molar-refractivity contribution in [1.29, 1.82) is 5.26 Å². The molecule has 14 heavy (non-hydrogen) atoms. The molecular formula is C12H13NO. The maximum absolute atomic E-state index is 10.7. The highest BCUT2D eigenvalue weighted by Crippen LogP contribution is 2.20. The fourth-order valence-electron chi connectivity index (χ4n) is 1.50. The van der Waals surface area contributed by atoms with Crippen LogP contribution in [0.25, 0.3) is 0 Å². The zero-order chi connectivity index (χ0) is 10.6. The third-order valence-electron chi connectivity index (χ3n) is 2.35. The van der Waals surface area contributed by atoms with Gasteiger partial charge in [-0.05, 0) is 29.7 Å². The summed E-state index contributed by atoms with van der Waals surface area (Å²) in [6.07, 6.45) is 1.78. The van der Waals surface area contributed by atoms with Gasteiger partial charge in [0.05, 0.1) is 11.6 Å². The van der Waals surface area contributed by atoms with Crippen LogP contribution in [0.4, 0.5) is 0 Å². The van der Waals surface area contributed by atoms with Gasteiger partial charge in [0.25, 0.3) is 0 Å². The number of hydrogen-bond acceptors (Lipinski definition) is 2. The van der Waals surface area contributed by atoms with Gasteiger partial charge >= 0.3 is 0 Å². The number of benzene rings is 1. The van der Waals surface area contributed by atoms with E-state index in [1.807, 2.05) is 26.0 Å². The lowest BCUT2D eigenvalue weighted by Gasteiger charge is -2.10. The van der Waals surface area contributed by atoms with Crippen molar-refractivity contribution in [3.63, 3.8) is 0 Å². The van der Waals surface area contributed by atoms with Crippen molar-refractivity contribution in [2.75, 3.05) is 0 Å². The number of carbonyl (C=O) groups excluding carboxylic acids is 1. The molecule has 0 radical (unpaired) electrons. The van der Waals surface area contributed by atoms with E-state index >= 15 is 0 Å². The lowest BCUT2D eigenvalue weighted by atomic mass is 9.94. The van der Waals surface area contributed by atoms with Crippen LogP contribution in [0, 0.1) is 11.3 Å².